The summed E-state index contributed by atoms with van der Waals surface area (Å²) in [7, 11) is 0. The van der Waals surface area contributed by atoms with Crippen LogP contribution < -0.4 is 0 Å². The van der Waals surface area contributed by atoms with Crippen molar-refractivity contribution in [3.05, 3.63) is 59.7 Å². The van der Waals surface area contributed by atoms with Crippen LogP contribution in [0.5, 0.6) is 0 Å². The van der Waals surface area contributed by atoms with Gasteiger partial charge in [0.2, 0.25) is 0 Å². The highest BCUT2D eigenvalue weighted by atomic mass is 19.3. The molecular weight excluding hydrogens is 308 g/mol. The van der Waals surface area contributed by atoms with Crippen molar-refractivity contribution in [1.82, 2.24) is 4.90 Å². The monoisotopic (exact) mass is 331 g/mol. The molecule has 0 spiro atoms. The molecule has 0 unspecified atom stereocenters. The molecule has 0 aromatic heterocycles. The summed E-state index contributed by atoms with van der Waals surface area (Å²) in [6.07, 6.45) is 3.12. The third-order valence-corrected chi connectivity index (χ3v) is 4.69. The van der Waals surface area contributed by atoms with E-state index >= 15 is 8.78 Å². The molecule has 1 aliphatic heterocycles. The first-order chi connectivity index (χ1) is 11.6. The van der Waals surface area contributed by atoms with Crippen LogP contribution in [-0.2, 0) is 12.5 Å². The minimum absolute atomic E-state index is 0.00168. The minimum Gasteiger partial charge on any atom is -0.396 e. The van der Waals surface area contributed by atoms with Crippen LogP contribution in [0.2, 0.25) is 0 Å². The van der Waals surface area contributed by atoms with Crippen LogP contribution >= 0.6 is 0 Å². The molecule has 0 radical (unpaired) electrons. The first-order valence-corrected chi connectivity index (χ1v) is 8.56. The van der Waals surface area contributed by atoms with Crippen molar-refractivity contribution >= 4 is 0 Å². The number of aliphatic hydroxyl groups is 1. The molecule has 128 valence electrons. The Kier molecular flexibility index (Phi) is 5.27. The quantitative estimate of drug-likeness (QED) is 0.820. The average Bonchev–Trinajstić information content (AvgIpc) is 2.63. The fourth-order valence-corrected chi connectivity index (χ4v) is 3.45. The molecule has 1 N–H and O–H groups in total. The maximum Gasteiger partial charge on any atom is 0.332 e. The van der Waals surface area contributed by atoms with Crippen molar-refractivity contribution < 1.29 is 13.9 Å². The van der Waals surface area contributed by atoms with Gasteiger partial charge >= 0.3 is 6.05 Å². The summed E-state index contributed by atoms with van der Waals surface area (Å²) in [4.78, 5) is 1.30. The van der Waals surface area contributed by atoms with Gasteiger partial charge in [0.15, 0.2) is 0 Å². The standard InChI is InChI=1S/C20H23F2NO/c21-20(22,23-13-6-1-7-14-23)19-11-5-4-10-18(19)17-9-3-2-8-16(17)12-15-24/h2-5,8-11,24H,1,6-7,12-15H2. The number of hydrogen-bond acceptors (Lipinski definition) is 2. The van der Waals surface area contributed by atoms with E-state index in [1.807, 2.05) is 24.3 Å². The van der Waals surface area contributed by atoms with E-state index < -0.39 is 6.05 Å². The molecule has 1 aliphatic rings. The fourth-order valence-electron chi connectivity index (χ4n) is 3.45. The molecule has 2 aromatic carbocycles. The van der Waals surface area contributed by atoms with E-state index in [1.54, 1.807) is 18.2 Å². The van der Waals surface area contributed by atoms with Crippen molar-refractivity contribution in [2.45, 2.75) is 31.7 Å². The lowest BCUT2D eigenvalue weighted by molar-refractivity contribution is -0.160. The van der Waals surface area contributed by atoms with Crippen LogP contribution in [0.4, 0.5) is 8.78 Å². The Morgan fingerprint density at radius 2 is 1.50 bits per heavy atom. The minimum atomic E-state index is -2.98. The highest BCUT2D eigenvalue weighted by Gasteiger charge is 2.41. The maximum atomic E-state index is 15.2. The Bertz CT molecular complexity index is 681. The molecule has 0 amide bonds. The van der Waals surface area contributed by atoms with Gasteiger partial charge in [0.1, 0.15) is 0 Å². The number of aliphatic hydroxyl groups excluding tert-OH is 1. The molecule has 2 nitrogen and oxygen atoms in total. The van der Waals surface area contributed by atoms with Crippen molar-refractivity contribution in [1.29, 1.82) is 0 Å². The number of benzene rings is 2. The predicted molar refractivity (Wildman–Crippen MR) is 92.0 cm³/mol. The highest BCUT2D eigenvalue weighted by molar-refractivity contribution is 5.71. The van der Waals surface area contributed by atoms with Crippen LogP contribution in [0.25, 0.3) is 11.1 Å². The lowest BCUT2D eigenvalue weighted by Crippen LogP contribution is -2.42. The number of alkyl halides is 2. The molecule has 3 rings (SSSR count). The number of halogens is 2. The summed E-state index contributed by atoms with van der Waals surface area (Å²) >= 11 is 0. The molecule has 1 fully saturated rings. The van der Waals surface area contributed by atoms with Crippen LogP contribution in [0, 0.1) is 0 Å². The Labute approximate surface area is 141 Å². The van der Waals surface area contributed by atoms with Crippen LogP contribution in [-0.4, -0.2) is 29.7 Å². The maximum absolute atomic E-state index is 15.2. The Hall–Kier alpha value is -1.78. The third kappa shape index (κ3) is 3.35. The van der Waals surface area contributed by atoms with Gasteiger partial charge in [-0.1, -0.05) is 55.0 Å². The highest BCUT2D eigenvalue weighted by Crippen LogP contribution is 2.40. The molecule has 0 bridgehead atoms. The molecule has 2 aromatic rings. The largest absolute Gasteiger partial charge is 0.396 e. The summed E-state index contributed by atoms with van der Waals surface area (Å²) in [6.45, 7) is 0.862. The zero-order chi connectivity index (χ0) is 17.0. The summed E-state index contributed by atoms with van der Waals surface area (Å²) in [5.41, 5.74) is 2.27. The zero-order valence-electron chi connectivity index (χ0n) is 13.7. The second-order valence-electron chi connectivity index (χ2n) is 6.27. The van der Waals surface area contributed by atoms with Crippen molar-refractivity contribution in [2.75, 3.05) is 19.7 Å². The van der Waals surface area contributed by atoms with Gasteiger partial charge in [-0.15, -0.1) is 0 Å². The number of likely N-dealkylation sites (tertiary alicyclic amines) is 1. The molecule has 0 saturated carbocycles. The first kappa shape index (κ1) is 17.1. The van der Waals surface area contributed by atoms with Gasteiger partial charge in [0.25, 0.3) is 0 Å². The normalized spacial score (nSPS) is 16.3. The lowest BCUT2D eigenvalue weighted by Gasteiger charge is -2.35. The summed E-state index contributed by atoms with van der Waals surface area (Å²) in [5, 5.41) is 9.27. The smallest absolute Gasteiger partial charge is 0.332 e. The van der Waals surface area contributed by atoms with Gasteiger partial charge in [-0.05, 0) is 36.0 Å². The van der Waals surface area contributed by atoms with E-state index in [2.05, 4.69) is 0 Å². The Morgan fingerprint density at radius 3 is 2.21 bits per heavy atom. The second-order valence-corrected chi connectivity index (χ2v) is 6.27. The van der Waals surface area contributed by atoms with Gasteiger partial charge in [-0.3, -0.25) is 0 Å². The Morgan fingerprint density at radius 1 is 0.875 bits per heavy atom. The molecule has 0 atom stereocenters. The SMILES string of the molecule is OCCc1ccccc1-c1ccccc1C(F)(F)N1CCCCC1. The van der Waals surface area contributed by atoms with Crippen molar-refractivity contribution in [2.24, 2.45) is 0 Å². The lowest BCUT2D eigenvalue weighted by atomic mass is 9.92. The molecule has 24 heavy (non-hydrogen) atoms. The molecule has 1 heterocycles. The van der Waals surface area contributed by atoms with Gasteiger partial charge < -0.3 is 5.11 Å². The molecule has 4 heteroatoms. The van der Waals surface area contributed by atoms with Crippen molar-refractivity contribution in [3.8, 4) is 11.1 Å². The molecule has 0 aliphatic carbocycles. The summed E-state index contributed by atoms with van der Waals surface area (Å²) < 4.78 is 30.4. The third-order valence-electron chi connectivity index (χ3n) is 4.69. The number of rotatable bonds is 5. The number of nitrogens with zero attached hydrogens (tertiary/aromatic N) is 1. The van der Waals surface area contributed by atoms with Gasteiger partial charge in [-0.25, -0.2) is 4.90 Å². The van der Waals surface area contributed by atoms with Gasteiger partial charge in [0.05, 0.1) is 0 Å². The van der Waals surface area contributed by atoms with Crippen LogP contribution in [0.15, 0.2) is 48.5 Å². The van der Waals surface area contributed by atoms with Gasteiger partial charge in [0, 0.05) is 25.3 Å². The van der Waals surface area contributed by atoms with E-state index in [0.29, 0.717) is 25.1 Å². The average molecular weight is 331 g/mol. The van der Waals surface area contributed by atoms with E-state index in [-0.39, 0.29) is 12.2 Å². The molecular formula is C20H23F2NO. The molecule has 1 saturated heterocycles. The second kappa shape index (κ2) is 7.41. The van der Waals surface area contributed by atoms with Crippen molar-refractivity contribution in [3.63, 3.8) is 0 Å². The summed E-state index contributed by atoms with van der Waals surface area (Å²) in [6, 6.07) is 11.2. The predicted octanol–water partition coefficient (Wildman–Crippen LogP) is 4.42. The fraction of sp³-hybridized carbons (Fsp3) is 0.400. The zero-order valence-corrected chi connectivity index (χ0v) is 13.7. The van der Waals surface area contributed by atoms with E-state index in [1.165, 1.54) is 11.0 Å². The van der Waals surface area contributed by atoms with Gasteiger partial charge in [-0.2, -0.15) is 8.78 Å². The number of hydrogen-bond donors (Lipinski definition) is 1. The van der Waals surface area contributed by atoms with E-state index in [4.69, 9.17) is 0 Å². The van der Waals surface area contributed by atoms with E-state index in [0.717, 1.165) is 30.4 Å². The topological polar surface area (TPSA) is 23.5 Å². The van der Waals surface area contributed by atoms with Crippen LogP contribution in [0.1, 0.15) is 30.4 Å². The van der Waals surface area contributed by atoms with Crippen LogP contribution in [0.3, 0.4) is 0 Å². The summed E-state index contributed by atoms with van der Waals surface area (Å²) in [5.74, 6) is 0. The first-order valence-electron chi connectivity index (χ1n) is 8.56. The van der Waals surface area contributed by atoms with E-state index in [9.17, 15) is 5.11 Å². The Balaban J connectivity index is 2.05. The number of piperidine rings is 1.